The minimum Gasteiger partial charge on any atom is -0.399 e. The second kappa shape index (κ2) is 7.38. The van der Waals surface area contributed by atoms with E-state index in [1.165, 1.54) is 18.5 Å². The number of likely N-dealkylation sites (tertiary alicyclic amines) is 1. The first kappa shape index (κ1) is 19.8. The topological polar surface area (TPSA) is 42.0 Å². The molecule has 0 N–H and O–H groups in total. The van der Waals surface area contributed by atoms with Crippen molar-refractivity contribution in [2.45, 2.75) is 64.6 Å². The summed E-state index contributed by atoms with van der Waals surface area (Å²) in [6.45, 7) is 12.1. The average Bonchev–Trinajstić information content (AvgIpc) is 3.28. The molecule has 6 heteroatoms. The normalized spacial score (nSPS) is 24.8. The van der Waals surface area contributed by atoms with E-state index in [1.807, 2.05) is 0 Å². The first-order valence-electron chi connectivity index (χ1n) is 10.8. The van der Waals surface area contributed by atoms with Crippen LogP contribution in [0.1, 0.15) is 53.4 Å². The van der Waals surface area contributed by atoms with Gasteiger partial charge in [0.05, 0.1) is 11.2 Å². The summed E-state index contributed by atoms with van der Waals surface area (Å²) in [7, 11) is -0.317. The maximum Gasteiger partial charge on any atom is 0.494 e. The van der Waals surface area contributed by atoms with Crippen LogP contribution < -0.4 is 10.4 Å². The van der Waals surface area contributed by atoms with Crippen molar-refractivity contribution in [2.24, 2.45) is 5.92 Å². The number of carbonyl (C=O) groups excluding carboxylic acids is 1. The third kappa shape index (κ3) is 3.69. The van der Waals surface area contributed by atoms with Gasteiger partial charge in [-0.25, -0.2) is 0 Å². The number of nitrogens with zero attached hydrogens (tertiary/aromatic N) is 2. The second-order valence-electron chi connectivity index (χ2n) is 9.47. The smallest absolute Gasteiger partial charge is 0.399 e. The first-order chi connectivity index (χ1) is 13.3. The van der Waals surface area contributed by atoms with E-state index in [0.717, 1.165) is 44.5 Å². The Hall–Kier alpha value is -1.53. The minimum absolute atomic E-state index is 0.207. The van der Waals surface area contributed by atoms with Gasteiger partial charge in [0.2, 0.25) is 5.91 Å². The Balaban J connectivity index is 1.35. The van der Waals surface area contributed by atoms with Crippen LogP contribution in [0.4, 0.5) is 5.69 Å². The fraction of sp³-hybridized carbons (Fsp3) is 0.682. The van der Waals surface area contributed by atoms with Crippen LogP contribution >= 0.6 is 0 Å². The van der Waals surface area contributed by atoms with E-state index in [-0.39, 0.29) is 24.2 Å². The average molecular weight is 384 g/mol. The summed E-state index contributed by atoms with van der Waals surface area (Å²) in [5.41, 5.74) is 1.63. The predicted octanol–water partition coefficient (Wildman–Crippen LogP) is 2.82. The van der Waals surface area contributed by atoms with Gasteiger partial charge in [0.1, 0.15) is 0 Å². The zero-order valence-corrected chi connectivity index (χ0v) is 17.7. The highest BCUT2D eigenvalue weighted by atomic mass is 16.7. The molecule has 4 rings (SSSR count). The molecule has 5 nitrogen and oxygen atoms in total. The molecule has 3 aliphatic rings. The zero-order valence-electron chi connectivity index (χ0n) is 17.7. The molecule has 0 aliphatic carbocycles. The van der Waals surface area contributed by atoms with Gasteiger partial charge in [0, 0.05) is 37.8 Å². The van der Waals surface area contributed by atoms with Gasteiger partial charge in [-0.15, -0.1) is 0 Å². The molecule has 3 heterocycles. The van der Waals surface area contributed by atoms with Crippen molar-refractivity contribution < 1.29 is 14.1 Å². The number of anilines is 1. The molecule has 0 radical (unpaired) electrons. The molecule has 3 fully saturated rings. The monoisotopic (exact) mass is 384 g/mol. The highest BCUT2D eigenvalue weighted by molar-refractivity contribution is 6.62. The Morgan fingerprint density at radius 2 is 1.46 bits per heavy atom. The fourth-order valence-electron chi connectivity index (χ4n) is 4.40. The van der Waals surface area contributed by atoms with Crippen LogP contribution in [0.2, 0.25) is 0 Å². The highest BCUT2D eigenvalue weighted by Gasteiger charge is 2.51. The Labute approximate surface area is 169 Å². The molecule has 28 heavy (non-hydrogen) atoms. The molecule has 0 atom stereocenters. The molecule has 3 aliphatic heterocycles. The van der Waals surface area contributed by atoms with Crippen molar-refractivity contribution in [3.05, 3.63) is 24.3 Å². The summed E-state index contributed by atoms with van der Waals surface area (Å²) in [6, 6.07) is 8.53. The maximum atomic E-state index is 12.6. The standard InChI is InChI=1S/C22H33BN2O3/c1-21(2)22(3,4)28-23(27-21)18-7-9-19(10-8-18)24-15-11-17(12-16-24)20(26)25-13-5-6-14-25/h7-10,17H,5-6,11-16H2,1-4H3. The molecule has 1 amide bonds. The van der Waals surface area contributed by atoms with E-state index >= 15 is 0 Å². The number of amides is 1. The molecule has 1 aromatic carbocycles. The third-order valence-electron chi connectivity index (χ3n) is 7.05. The second-order valence-corrected chi connectivity index (χ2v) is 9.47. The molecule has 0 unspecified atom stereocenters. The summed E-state index contributed by atoms with van der Waals surface area (Å²) in [5.74, 6) is 0.589. The number of hydrogen-bond donors (Lipinski definition) is 0. The number of rotatable bonds is 3. The van der Waals surface area contributed by atoms with Crippen LogP contribution in [0.5, 0.6) is 0 Å². The lowest BCUT2D eigenvalue weighted by Gasteiger charge is -2.34. The first-order valence-corrected chi connectivity index (χ1v) is 10.8. The van der Waals surface area contributed by atoms with Crippen molar-refractivity contribution in [1.82, 2.24) is 4.90 Å². The van der Waals surface area contributed by atoms with E-state index in [4.69, 9.17) is 9.31 Å². The van der Waals surface area contributed by atoms with Crippen molar-refractivity contribution in [2.75, 3.05) is 31.1 Å². The fourth-order valence-corrected chi connectivity index (χ4v) is 4.40. The third-order valence-corrected chi connectivity index (χ3v) is 7.05. The van der Waals surface area contributed by atoms with Crippen LogP contribution in [0.15, 0.2) is 24.3 Å². The Morgan fingerprint density at radius 1 is 0.929 bits per heavy atom. The van der Waals surface area contributed by atoms with Crippen molar-refractivity contribution in [3.63, 3.8) is 0 Å². The Kier molecular flexibility index (Phi) is 5.21. The molecular weight excluding hydrogens is 351 g/mol. The summed E-state index contributed by atoms with van der Waals surface area (Å²) in [5, 5.41) is 0. The predicted molar refractivity (Wildman–Crippen MR) is 113 cm³/mol. The summed E-state index contributed by atoms with van der Waals surface area (Å²) in [6.07, 6.45) is 4.24. The lowest BCUT2D eigenvalue weighted by atomic mass is 9.79. The SMILES string of the molecule is CC1(C)OB(c2ccc(N3CCC(C(=O)N4CCCC4)CC3)cc2)OC1(C)C. The zero-order chi connectivity index (χ0) is 19.9. The van der Waals surface area contributed by atoms with Crippen LogP contribution in [0.3, 0.4) is 0 Å². The quantitative estimate of drug-likeness (QED) is 0.752. The van der Waals surface area contributed by atoms with Crippen LogP contribution in [-0.4, -0.2) is 55.3 Å². The van der Waals surface area contributed by atoms with Crippen LogP contribution in [0.25, 0.3) is 0 Å². The van der Waals surface area contributed by atoms with Gasteiger partial charge in [-0.3, -0.25) is 4.79 Å². The maximum absolute atomic E-state index is 12.6. The van der Waals surface area contributed by atoms with Crippen molar-refractivity contribution >= 4 is 24.2 Å². The van der Waals surface area contributed by atoms with Crippen LogP contribution in [0, 0.1) is 5.92 Å². The molecule has 0 spiro atoms. The number of benzene rings is 1. The van der Waals surface area contributed by atoms with E-state index in [0.29, 0.717) is 5.91 Å². The van der Waals surface area contributed by atoms with E-state index < -0.39 is 0 Å². The lowest BCUT2D eigenvalue weighted by Crippen LogP contribution is -2.41. The van der Waals surface area contributed by atoms with E-state index in [9.17, 15) is 4.79 Å². The van der Waals surface area contributed by atoms with Crippen LogP contribution in [-0.2, 0) is 14.1 Å². The number of carbonyl (C=O) groups is 1. The molecule has 1 aromatic rings. The van der Waals surface area contributed by atoms with E-state index in [2.05, 4.69) is 61.8 Å². The minimum atomic E-state index is -0.319. The number of hydrogen-bond acceptors (Lipinski definition) is 4. The van der Waals surface area contributed by atoms with E-state index in [1.54, 1.807) is 0 Å². The Bertz CT molecular complexity index is 689. The van der Waals surface area contributed by atoms with Gasteiger partial charge in [0.25, 0.3) is 0 Å². The molecule has 0 aromatic heterocycles. The van der Waals surface area contributed by atoms with Gasteiger partial charge in [-0.1, -0.05) is 12.1 Å². The van der Waals surface area contributed by atoms with Gasteiger partial charge in [0.15, 0.2) is 0 Å². The summed E-state index contributed by atoms with van der Waals surface area (Å²) >= 11 is 0. The van der Waals surface area contributed by atoms with Crippen molar-refractivity contribution in [1.29, 1.82) is 0 Å². The molecule has 0 bridgehead atoms. The van der Waals surface area contributed by atoms with Gasteiger partial charge in [-0.2, -0.15) is 0 Å². The molecule has 0 saturated carbocycles. The van der Waals surface area contributed by atoms with Gasteiger partial charge in [-0.05, 0) is 71.0 Å². The lowest BCUT2D eigenvalue weighted by molar-refractivity contribution is -0.135. The van der Waals surface area contributed by atoms with Crippen molar-refractivity contribution in [3.8, 4) is 0 Å². The molecular formula is C22H33BN2O3. The molecule has 152 valence electrons. The highest BCUT2D eigenvalue weighted by Crippen LogP contribution is 2.36. The Morgan fingerprint density at radius 3 is 2.00 bits per heavy atom. The summed E-state index contributed by atoms with van der Waals surface area (Å²) in [4.78, 5) is 17.1. The summed E-state index contributed by atoms with van der Waals surface area (Å²) < 4.78 is 12.3. The largest absolute Gasteiger partial charge is 0.494 e. The van der Waals surface area contributed by atoms with Gasteiger partial charge < -0.3 is 19.1 Å². The number of piperidine rings is 1. The molecule has 3 saturated heterocycles. The van der Waals surface area contributed by atoms with Gasteiger partial charge >= 0.3 is 7.12 Å².